The number of unbranched alkanes of at least 4 members (excludes halogenated alkanes) is 2. The number of nitrogens with one attached hydrogen (secondary N) is 1. The lowest BCUT2D eigenvalue weighted by atomic mass is 9.85. The summed E-state index contributed by atoms with van der Waals surface area (Å²) in [4.78, 5) is 19.2. The van der Waals surface area contributed by atoms with Crippen LogP contribution in [0.1, 0.15) is 56.3 Å². The van der Waals surface area contributed by atoms with Crippen molar-refractivity contribution >= 4 is 21.6 Å². The fourth-order valence-electron chi connectivity index (χ4n) is 4.94. The number of nitrogens with zero attached hydrogens (tertiary/aromatic N) is 1. The van der Waals surface area contributed by atoms with Crippen LogP contribution in [0.2, 0.25) is 0 Å². The van der Waals surface area contributed by atoms with Crippen LogP contribution in [0.4, 0.5) is 0 Å². The molecule has 3 aromatic rings. The monoisotopic (exact) mass is 608 g/mol. The minimum atomic E-state index is -3.73. The van der Waals surface area contributed by atoms with Crippen LogP contribution in [0, 0.1) is 0 Å². The fourth-order valence-corrected chi connectivity index (χ4v) is 6.33. The van der Waals surface area contributed by atoms with Gasteiger partial charge in [-0.25, -0.2) is 13.4 Å². The van der Waals surface area contributed by atoms with Gasteiger partial charge >= 0.3 is 0 Å². The van der Waals surface area contributed by atoms with Crippen molar-refractivity contribution in [3.8, 4) is 11.5 Å². The van der Waals surface area contributed by atoms with Gasteiger partial charge in [0.2, 0.25) is 5.90 Å². The van der Waals surface area contributed by atoms with Crippen molar-refractivity contribution in [1.82, 2.24) is 5.32 Å². The Morgan fingerprint density at radius 3 is 2.47 bits per heavy atom. The number of ether oxygens (including phenoxy) is 3. The maximum absolute atomic E-state index is 14.1. The Bertz CT molecular complexity index is 1480. The molecule has 0 radical (unpaired) electrons. The molecule has 9 nitrogen and oxygen atoms in total. The number of amides is 1. The minimum Gasteiger partial charge on any atom is -0.497 e. The molecule has 0 fully saturated rings. The third-order valence-corrected chi connectivity index (χ3v) is 9.08. The van der Waals surface area contributed by atoms with Gasteiger partial charge in [-0.05, 0) is 60.5 Å². The van der Waals surface area contributed by atoms with E-state index in [4.69, 9.17) is 24.3 Å². The zero-order valence-corrected chi connectivity index (χ0v) is 25.5. The fraction of sp³-hybridized carbons (Fsp3) is 0.394. The molecule has 0 saturated heterocycles. The van der Waals surface area contributed by atoms with Crippen molar-refractivity contribution < 1.29 is 32.5 Å². The van der Waals surface area contributed by atoms with Crippen molar-refractivity contribution in [3.63, 3.8) is 0 Å². The highest BCUT2D eigenvalue weighted by atomic mass is 32.2. The molecule has 0 aliphatic carbocycles. The zero-order chi connectivity index (χ0) is 30.7. The molecule has 43 heavy (non-hydrogen) atoms. The van der Waals surface area contributed by atoms with Gasteiger partial charge < -0.3 is 24.6 Å². The highest BCUT2D eigenvalue weighted by molar-refractivity contribution is 7.91. The number of carbonyl (C=O) groups excluding carboxylic acids is 1. The van der Waals surface area contributed by atoms with Gasteiger partial charge in [0.1, 0.15) is 11.5 Å². The van der Waals surface area contributed by atoms with E-state index in [1.807, 2.05) is 6.07 Å². The number of benzene rings is 3. The summed E-state index contributed by atoms with van der Waals surface area (Å²) in [5, 5.41) is 12.0. The van der Waals surface area contributed by atoms with Crippen molar-refractivity contribution in [3.05, 3.63) is 90.0 Å². The van der Waals surface area contributed by atoms with Crippen molar-refractivity contribution in [1.29, 1.82) is 0 Å². The highest BCUT2D eigenvalue weighted by Gasteiger charge is 2.53. The Hall–Kier alpha value is -3.89. The van der Waals surface area contributed by atoms with E-state index in [-0.39, 0.29) is 29.6 Å². The summed E-state index contributed by atoms with van der Waals surface area (Å²) in [7, 11) is -2.17. The van der Waals surface area contributed by atoms with E-state index in [2.05, 4.69) is 12.2 Å². The molecule has 1 aliphatic rings. The molecule has 2 N–H and O–H groups in total. The number of aliphatic hydroxyl groups excluding tert-OH is 1. The van der Waals surface area contributed by atoms with Crippen LogP contribution in [-0.4, -0.2) is 63.5 Å². The third-order valence-electron chi connectivity index (χ3n) is 7.35. The SMILES string of the molecule is CCCCCNC(=O)[C@]1(CCS(=O)(=O)c2ccccc2)N=C(c2ccc(OCCCO)cc2)O[C@@H]1c1cccc(OC)c1. The van der Waals surface area contributed by atoms with Gasteiger partial charge in [-0.3, -0.25) is 4.79 Å². The number of hydrogen-bond acceptors (Lipinski definition) is 8. The molecule has 4 rings (SSSR count). The lowest BCUT2D eigenvalue weighted by Crippen LogP contribution is -2.49. The van der Waals surface area contributed by atoms with Crippen molar-refractivity contribution in [2.75, 3.05) is 32.6 Å². The van der Waals surface area contributed by atoms with Crippen LogP contribution in [-0.2, 0) is 19.4 Å². The second kappa shape index (κ2) is 15.0. The second-order valence-electron chi connectivity index (χ2n) is 10.4. The maximum Gasteiger partial charge on any atom is 0.252 e. The van der Waals surface area contributed by atoms with Crippen LogP contribution >= 0.6 is 0 Å². The number of hydrogen-bond donors (Lipinski definition) is 2. The molecule has 3 aromatic carbocycles. The normalized spacial score (nSPS) is 18.0. The van der Waals surface area contributed by atoms with E-state index in [9.17, 15) is 13.2 Å². The molecular formula is C33H40N2O7S. The predicted molar refractivity (Wildman–Crippen MR) is 165 cm³/mol. The van der Waals surface area contributed by atoms with Crippen LogP contribution in [0.15, 0.2) is 88.8 Å². The molecule has 1 aliphatic heterocycles. The molecule has 0 unspecified atom stereocenters. The van der Waals surface area contributed by atoms with Gasteiger partial charge in [0.25, 0.3) is 5.91 Å². The van der Waals surface area contributed by atoms with E-state index in [1.54, 1.807) is 79.9 Å². The van der Waals surface area contributed by atoms with E-state index in [0.29, 0.717) is 42.2 Å². The zero-order valence-electron chi connectivity index (χ0n) is 24.7. The van der Waals surface area contributed by atoms with Crippen LogP contribution in [0.3, 0.4) is 0 Å². The Balaban J connectivity index is 1.75. The Labute approximate surface area is 253 Å². The van der Waals surface area contributed by atoms with Crippen LogP contribution < -0.4 is 14.8 Å². The topological polar surface area (TPSA) is 124 Å². The molecule has 1 heterocycles. The number of rotatable bonds is 16. The maximum atomic E-state index is 14.1. The lowest BCUT2D eigenvalue weighted by Gasteiger charge is -2.30. The standard InChI is InChI=1S/C33H40N2O7S/c1-3-4-8-20-34-32(37)33(19-23-43(38,39)29-13-6-5-7-14-29)30(26-11-9-12-28(24-26)40-2)42-31(35-33)25-15-17-27(18-16-25)41-22-10-21-36/h5-7,9,11-18,24,30,36H,3-4,8,10,19-23H2,1-2H3,(H,34,37)/t30-,33-/m1/s1. The van der Waals surface area contributed by atoms with E-state index in [1.165, 1.54) is 0 Å². The van der Waals surface area contributed by atoms with Gasteiger partial charge in [0, 0.05) is 31.6 Å². The first-order valence-electron chi connectivity index (χ1n) is 14.6. The summed E-state index contributed by atoms with van der Waals surface area (Å²) < 4.78 is 44.4. The van der Waals surface area contributed by atoms with Crippen LogP contribution in [0.5, 0.6) is 11.5 Å². The van der Waals surface area contributed by atoms with Gasteiger partial charge in [0.15, 0.2) is 21.5 Å². The van der Waals surface area contributed by atoms with Gasteiger partial charge in [-0.2, -0.15) is 0 Å². The number of sulfone groups is 1. The van der Waals surface area contributed by atoms with Crippen molar-refractivity contribution in [2.45, 2.75) is 55.6 Å². The molecule has 0 aromatic heterocycles. The number of aliphatic imine (C=N–C) groups is 1. The smallest absolute Gasteiger partial charge is 0.252 e. The first-order chi connectivity index (χ1) is 20.8. The van der Waals surface area contributed by atoms with Gasteiger partial charge in [-0.1, -0.05) is 50.1 Å². The van der Waals surface area contributed by atoms with E-state index >= 15 is 0 Å². The predicted octanol–water partition coefficient (Wildman–Crippen LogP) is 4.88. The highest BCUT2D eigenvalue weighted by Crippen LogP contribution is 2.43. The lowest BCUT2D eigenvalue weighted by molar-refractivity contribution is -0.129. The minimum absolute atomic E-state index is 0.0387. The molecular weight excluding hydrogens is 568 g/mol. The summed E-state index contributed by atoms with van der Waals surface area (Å²) in [5.74, 6) is 0.730. The molecule has 1 amide bonds. The quantitative estimate of drug-likeness (QED) is 0.222. The average molecular weight is 609 g/mol. The Morgan fingerprint density at radius 1 is 1.00 bits per heavy atom. The molecule has 2 atom stereocenters. The van der Waals surface area contributed by atoms with Crippen LogP contribution in [0.25, 0.3) is 0 Å². The average Bonchev–Trinajstić information content (AvgIpc) is 3.44. The van der Waals surface area contributed by atoms with E-state index < -0.39 is 27.4 Å². The summed E-state index contributed by atoms with van der Waals surface area (Å²) in [5.41, 5.74) is -0.302. The molecule has 0 saturated carbocycles. The third kappa shape index (κ3) is 7.94. The first kappa shape index (κ1) is 32.0. The van der Waals surface area contributed by atoms with E-state index in [0.717, 1.165) is 19.3 Å². The number of methoxy groups -OCH3 is 1. The van der Waals surface area contributed by atoms with Gasteiger partial charge in [0.05, 0.1) is 24.4 Å². The van der Waals surface area contributed by atoms with Gasteiger partial charge in [-0.15, -0.1) is 0 Å². The molecule has 0 bridgehead atoms. The molecule has 0 spiro atoms. The summed E-state index contributed by atoms with van der Waals surface area (Å²) in [6, 6.07) is 22.5. The molecule has 10 heteroatoms. The summed E-state index contributed by atoms with van der Waals surface area (Å²) in [6.45, 7) is 2.94. The number of aliphatic hydroxyl groups is 1. The molecule has 230 valence electrons. The Kier molecular flexibility index (Phi) is 11.2. The Morgan fingerprint density at radius 2 is 1.77 bits per heavy atom. The number of carbonyl (C=O) groups is 1. The summed E-state index contributed by atoms with van der Waals surface area (Å²) >= 11 is 0. The van der Waals surface area contributed by atoms with Crippen molar-refractivity contribution in [2.24, 2.45) is 4.99 Å². The largest absolute Gasteiger partial charge is 0.497 e. The first-order valence-corrected chi connectivity index (χ1v) is 16.3. The second-order valence-corrected chi connectivity index (χ2v) is 12.5. The summed E-state index contributed by atoms with van der Waals surface area (Å²) in [6.07, 6.45) is 2.24.